The molecule has 1 unspecified atom stereocenters. The Hall–Kier alpha value is -1.34. The van der Waals surface area contributed by atoms with Crippen LogP contribution in [0, 0.1) is 0 Å². The average Bonchev–Trinajstić information content (AvgIpc) is 2.77. The van der Waals surface area contributed by atoms with Crippen molar-refractivity contribution in [2.75, 3.05) is 26.7 Å². The molecule has 0 aromatic carbocycles. The molecule has 2 amide bonds. The molecule has 0 bridgehead atoms. The SMILES string of the molecule is CN(CC1CCCO1)C(=O)NC[C@H](O)C(=O)O. The lowest BCUT2D eigenvalue weighted by Gasteiger charge is -2.21. The Morgan fingerprint density at radius 2 is 2.29 bits per heavy atom. The average molecular weight is 246 g/mol. The molecule has 2 atom stereocenters. The molecule has 1 heterocycles. The van der Waals surface area contributed by atoms with Crippen molar-refractivity contribution in [3.05, 3.63) is 0 Å². The highest BCUT2D eigenvalue weighted by Gasteiger charge is 2.21. The molecule has 0 aromatic rings. The second-order valence-electron chi connectivity index (χ2n) is 4.06. The lowest BCUT2D eigenvalue weighted by molar-refractivity contribution is -0.146. The summed E-state index contributed by atoms with van der Waals surface area (Å²) in [5.41, 5.74) is 0. The Labute approximate surface area is 99.4 Å². The van der Waals surface area contributed by atoms with E-state index in [-0.39, 0.29) is 12.6 Å². The van der Waals surface area contributed by atoms with Gasteiger partial charge in [0, 0.05) is 20.2 Å². The van der Waals surface area contributed by atoms with Crippen molar-refractivity contribution < 1.29 is 24.5 Å². The van der Waals surface area contributed by atoms with E-state index in [9.17, 15) is 9.59 Å². The Bertz CT molecular complexity index is 278. The standard InChI is InChI=1S/C10H18N2O5/c1-12(6-7-3-2-4-17-7)10(16)11-5-8(13)9(14)15/h7-8,13H,2-6H2,1H3,(H,11,16)(H,14,15)/t7?,8-/m0/s1. The van der Waals surface area contributed by atoms with Crippen molar-refractivity contribution in [1.82, 2.24) is 10.2 Å². The van der Waals surface area contributed by atoms with Gasteiger partial charge in [-0.2, -0.15) is 0 Å². The largest absolute Gasteiger partial charge is 0.479 e. The van der Waals surface area contributed by atoms with Crippen molar-refractivity contribution in [2.24, 2.45) is 0 Å². The predicted octanol–water partition coefficient (Wildman–Crippen LogP) is -0.748. The van der Waals surface area contributed by atoms with Crippen molar-refractivity contribution in [2.45, 2.75) is 25.0 Å². The number of aliphatic carboxylic acids is 1. The van der Waals surface area contributed by atoms with Crippen LogP contribution in [0.25, 0.3) is 0 Å². The van der Waals surface area contributed by atoms with Crippen LogP contribution in [0.3, 0.4) is 0 Å². The molecule has 17 heavy (non-hydrogen) atoms. The highest BCUT2D eigenvalue weighted by atomic mass is 16.5. The van der Waals surface area contributed by atoms with Crippen LogP contribution < -0.4 is 5.32 Å². The second kappa shape index (κ2) is 6.41. The van der Waals surface area contributed by atoms with Gasteiger partial charge in [-0.15, -0.1) is 0 Å². The number of likely N-dealkylation sites (N-methyl/N-ethyl adjacent to an activating group) is 1. The number of nitrogens with zero attached hydrogens (tertiary/aromatic N) is 1. The van der Waals surface area contributed by atoms with E-state index in [1.54, 1.807) is 7.05 Å². The minimum Gasteiger partial charge on any atom is -0.479 e. The zero-order chi connectivity index (χ0) is 12.8. The second-order valence-corrected chi connectivity index (χ2v) is 4.06. The fraction of sp³-hybridized carbons (Fsp3) is 0.800. The molecule has 1 saturated heterocycles. The summed E-state index contributed by atoms with van der Waals surface area (Å²) in [6.45, 7) is 0.886. The molecule has 0 spiro atoms. The number of carbonyl (C=O) groups is 2. The number of hydrogen-bond acceptors (Lipinski definition) is 4. The van der Waals surface area contributed by atoms with E-state index < -0.39 is 18.1 Å². The summed E-state index contributed by atoms with van der Waals surface area (Å²) >= 11 is 0. The third-order valence-electron chi connectivity index (χ3n) is 2.58. The molecule has 1 fully saturated rings. The number of hydrogen-bond donors (Lipinski definition) is 3. The molecular formula is C10H18N2O5. The molecule has 1 aliphatic rings. The molecule has 1 aliphatic heterocycles. The van der Waals surface area contributed by atoms with Gasteiger partial charge in [0.2, 0.25) is 0 Å². The first-order valence-corrected chi connectivity index (χ1v) is 5.52. The molecular weight excluding hydrogens is 228 g/mol. The van der Waals surface area contributed by atoms with Crippen LogP contribution in [0.15, 0.2) is 0 Å². The topological polar surface area (TPSA) is 99.1 Å². The van der Waals surface area contributed by atoms with Gasteiger partial charge in [-0.25, -0.2) is 9.59 Å². The van der Waals surface area contributed by atoms with Gasteiger partial charge in [0.25, 0.3) is 0 Å². The number of aliphatic hydroxyl groups is 1. The summed E-state index contributed by atoms with van der Waals surface area (Å²) in [4.78, 5) is 23.3. The van der Waals surface area contributed by atoms with E-state index in [0.717, 1.165) is 19.4 Å². The van der Waals surface area contributed by atoms with Gasteiger partial charge in [0.05, 0.1) is 12.6 Å². The Kier molecular flexibility index (Phi) is 5.17. The van der Waals surface area contributed by atoms with Gasteiger partial charge >= 0.3 is 12.0 Å². The molecule has 98 valence electrons. The molecule has 0 saturated carbocycles. The molecule has 0 aliphatic carbocycles. The van der Waals surface area contributed by atoms with Crippen molar-refractivity contribution in [3.63, 3.8) is 0 Å². The van der Waals surface area contributed by atoms with E-state index in [1.165, 1.54) is 4.90 Å². The fourth-order valence-electron chi connectivity index (χ4n) is 1.58. The summed E-state index contributed by atoms with van der Waals surface area (Å²) in [6.07, 6.45) is 0.401. The minimum absolute atomic E-state index is 0.0511. The Morgan fingerprint density at radius 3 is 2.82 bits per heavy atom. The van der Waals surface area contributed by atoms with Gasteiger partial charge in [0.1, 0.15) is 0 Å². The summed E-state index contributed by atoms with van der Waals surface area (Å²) in [5.74, 6) is -1.35. The van der Waals surface area contributed by atoms with Crippen LogP contribution in [0.4, 0.5) is 4.79 Å². The van der Waals surface area contributed by atoms with Crippen molar-refractivity contribution in [3.8, 4) is 0 Å². The normalized spacial score (nSPS) is 20.9. The maximum Gasteiger partial charge on any atom is 0.334 e. The van der Waals surface area contributed by atoms with Gasteiger partial charge < -0.3 is 25.2 Å². The van der Waals surface area contributed by atoms with E-state index in [1.807, 2.05) is 0 Å². The van der Waals surface area contributed by atoms with Crippen molar-refractivity contribution >= 4 is 12.0 Å². The third-order valence-corrected chi connectivity index (χ3v) is 2.58. The Morgan fingerprint density at radius 1 is 1.59 bits per heavy atom. The van der Waals surface area contributed by atoms with E-state index >= 15 is 0 Å². The van der Waals surface area contributed by atoms with Gasteiger partial charge in [-0.05, 0) is 12.8 Å². The zero-order valence-corrected chi connectivity index (χ0v) is 9.76. The lowest BCUT2D eigenvalue weighted by Crippen LogP contribution is -2.45. The number of amides is 2. The molecule has 3 N–H and O–H groups in total. The predicted molar refractivity (Wildman–Crippen MR) is 58.6 cm³/mol. The van der Waals surface area contributed by atoms with Crippen LogP contribution in [0.2, 0.25) is 0 Å². The third kappa shape index (κ3) is 4.58. The maximum absolute atomic E-state index is 11.5. The molecule has 7 nitrogen and oxygen atoms in total. The first-order chi connectivity index (χ1) is 8.00. The first-order valence-electron chi connectivity index (χ1n) is 5.52. The fourth-order valence-corrected chi connectivity index (χ4v) is 1.58. The van der Waals surface area contributed by atoms with Gasteiger partial charge in [-0.3, -0.25) is 0 Å². The van der Waals surface area contributed by atoms with E-state index in [4.69, 9.17) is 14.9 Å². The number of aliphatic hydroxyl groups excluding tert-OH is 1. The number of urea groups is 1. The molecule has 7 heteroatoms. The number of carboxylic acid groups (broad SMARTS) is 1. The van der Waals surface area contributed by atoms with Crippen LogP contribution in [0.5, 0.6) is 0 Å². The molecule has 1 rings (SSSR count). The van der Waals surface area contributed by atoms with Gasteiger partial charge in [-0.1, -0.05) is 0 Å². The highest BCUT2D eigenvalue weighted by molar-refractivity contribution is 5.76. The number of rotatable bonds is 5. The molecule has 0 aromatic heterocycles. The summed E-state index contributed by atoms with van der Waals surface area (Å²) in [6, 6.07) is -0.416. The number of carboxylic acids is 1. The highest BCUT2D eigenvalue weighted by Crippen LogP contribution is 2.12. The first kappa shape index (κ1) is 13.7. The summed E-state index contributed by atoms with van der Waals surface area (Å²) in [5, 5.41) is 19.8. The monoisotopic (exact) mass is 246 g/mol. The van der Waals surface area contributed by atoms with Crippen LogP contribution in [0.1, 0.15) is 12.8 Å². The zero-order valence-electron chi connectivity index (χ0n) is 9.76. The summed E-state index contributed by atoms with van der Waals surface area (Å²) < 4.78 is 5.37. The Balaban J connectivity index is 2.24. The van der Waals surface area contributed by atoms with Gasteiger partial charge in [0.15, 0.2) is 6.10 Å². The number of carbonyl (C=O) groups excluding carboxylic acids is 1. The summed E-state index contributed by atoms with van der Waals surface area (Å²) in [7, 11) is 1.60. The number of ether oxygens (including phenoxy) is 1. The maximum atomic E-state index is 11.5. The smallest absolute Gasteiger partial charge is 0.334 e. The lowest BCUT2D eigenvalue weighted by atomic mass is 10.2. The van der Waals surface area contributed by atoms with E-state index in [2.05, 4.69) is 5.32 Å². The van der Waals surface area contributed by atoms with E-state index in [0.29, 0.717) is 6.54 Å². The van der Waals surface area contributed by atoms with Crippen LogP contribution in [-0.2, 0) is 9.53 Å². The minimum atomic E-state index is -1.57. The van der Waals surface area contributed by atoms with Crippen molar-refractivity contribution in [1.29, 1.82) is 0 Å². The quantitative estimate of drug-likeness (QED) is 0.593. The van der Waals surface area contributed by atoms with Crippen LogP contribution >= 0.6 is 0 Å². The molecule has 0 radical (unpaired) electrons. The number of nitrogens with one attached hydrogen (secondary N) is 1. The van der Waals surface area contributed by atoms with Crippen LogP contribution in [-0.4, -0.2) is 66.1 Å².